The van der Waals surface area contributed by atoms with Crippen LogP contribution in [0.1, 0.15) is 18.1 Å². The van der Waals surface area contributed by atoms with Crippen molar-refractivity contribution in [3.63, 3.8) is 0 Å². The number of hydrogen-bond acceptors (Lipinski definition) is 4. The second kappa shape index (κ2) is 11.4. The number of amides is 2. The Balaban J connectivity index is 1.37. The van der Waals surface area contributed by atoms with Crippen molar-refractivity contribution in [3.05, 3.63) is 96.1 Å². The van der Waals surface area contributed by atoms with E-state index in [2.05, 4.69) is 10.6 Å². The molecule has 1 atom stereocenters. The first-order chi connectivity index (χ1) is 15.1. The van der Waals surface area contributed by atoms with Crippen molar-refractivity contribution < 1.29 is 19.1 Å². The van der Waals surface area contributed by atoms with Gasteiger partial charge in [-0.1, -0.05) is 60.7 Å². The van der Waals surface area contributed by atoms with E-state index in [1.54, 1.807) is 31.2 Å². The average molecular weight is 418 g/mol. The highest BCUT2D eigenvalue weighted by atomic mass is 16.5. The highest BCUT2D eigenvalue weighted by Gasteiger charge is 2.15. The van der Waals surface area contributed by atoms with Gasteiger partial charge in [-0.15, -0.1) is 0 Å². The SMILES string of the molecule is CC(NC(=O)COc1ccc(OCc2ccccc2)cc1)C(=O)NCc1ccccc1. The molecule has 0 aliphatic heterocycles. The van der Waals surface area contributed by atoms with Gasteiger partial charge in [0.25, 0.3) is 5.91 Å². The molecule has 0 aromatic heterocycles. The van der Waals surface area contributed by atoms with E-state index in [0.717, 1.165) is 11.1 Å². The van der Waals surface area contributed by atoms with Gasteiger partial charge in [-0.2, -0.15) is 0 Å². The van der Waals surface area contributed by atoms with Crippen LogP contribution >= 0.6 is 0 Å². The summed E-state index contributed by atoms with van der Waals surface area (Å²) in [4.78, 5) is 24.2. The Bertz CT molecular complexity index is 960. The summed E-state index contributed by atoms with van der Waals surface area (Å²) in [6.45, 7) is 2.35. The molecule has 0 bridgehead atoms. The lowest BCUT2D eigenvalue weighted by Gasteiger charge is -2.14. The van der Waals surface area contributed by atoms with Gasteiger partial charge in [-0.05, 0) is 42.3 Å². The van der Waals surface area contributed by atoms with Crippen LogP contribution in [0.5, 0.6) is 11.5 Å². The van der Waals surface area contributed by atoms with Crippen molar-refractivity contribution in [2.45, 2.75) is 26.1 Å². The van der Waals surface area contributed by atoms with Gasteiger partial charge in [-0.3, -0.25) is 9.59 Å². The van der Waals surface area contributed by atoms with Crippen molar-refractivity contribution >= 4 is 11.8 Å². The maximum absolute atomic E-state index is 12.1. The summed E-state index contributed by atoms with van der Waals surface area (Å²) in [6.07, 6.45) is 0. The van der Waals surface area contributed by atoms with Crippen LogP contribution in [0, 0.1) is 0 Å². The number of benzene rings is 3. The Labute approximate surface area is 182 Å². The summed E-state index contributed by atoms with van der Waals surface area (Å²) >= 11 is 0. The maximum atomic E-state index is 12.1. The molecule has 3 aromatic rings. The molecule has 0 saturated heterocycles. The number of ether oxygens (including phenoxy) is 2. The normalized spacial score (nSPS) is 11.3. The summed E-state index contributed by atoms with van der Waals surface area (Å²) in [7, 11) is 0. The van der Waals surface area contributed by atoms with E-state index >= 15 is 0 Å². The molecule has 6 heteroatoms. The Kier molecular flexibility index (Phi) is 8.05. The lowest BCUT2D eigenvalue weighted by molar-refractivity contribution is -0.129. The van der Waals surface area contributed by atoms with Crippen LogP contribution in [0.2, 0.25) is 0 Å². The molecule has 3 rings (SSSR count). The van der Waals surface area contributed by atoms with Gasteiger partial charge < -0.3 is 20.1 Å². The molecule has 3 aromatic carbocycles. The van der Waals surface area contributed by atoms with Gasteiger partial charge in [0.2, 0.25) is 5.91 Å². The Morgan fingerprint density at radius 1 is 0.774 bits per heavy atom. The van der Waals surface area contributed by atoms with Crippen LogP contribution in [0.4, 0.5) is 0 Å². The molecular formula is C25H26N2O4. The van der Waals surface area contributed by atoms with Gasteiger partial charge in [0.05, 0.1) is 0 Å². The van der Waals surface area contributed by atoms with Crippen molar-refractivity contribution in [3.8, 4) is 11.5 Å². The smallest absolute Gasteiger partial charge is 0.258 e. The van der Waals surface area contributed by atoms with Crippen LogP contribution in [-0.4, -0.2) is 24.5 Å². The molecule has 31 heavy (non-hydrogen) atoms. The molecule has 6 nitrogen and oxygen atoms in total. The maximum Gasteiger partial charge on any atom is 0.258 e. The molecule has 2 amide bonds. The molecule has 0 fully saturated rings. The first-order valence-corrected chi connectivity index (χ1v) is 10.1. The zero-order chi connectivity index (χ0) is 21.9. The predicted molar refractivity (Wildman–Crippen MR) is 119 cm³/mol. The summed E-state index contributed by atoms with van der Waals surface area (Å²) < 4.78 is 11.2. The minimum atomic E-state index is -0.659. The molecule has 0 aliphatic carbocycles. The van der Waals surface area contributed by atoms with E-state index in [9.17, 15) is 9.59 Å². The third-order valence-electron chi connectivity index (χ3n) is 4.52. The van der Waals surface area contributed by atoms with Crippen molar-refractivity contribution in [1.29, 1.82) is 0 Å². The fourth-order valence-electron chi connectivity index (χ4n) is 2.81. The zero-order valence-corrected chi connectivity index (χ0v) is 17.4. The minimum Gasteiger partial charge on any atom is -0.489 e. The monoisotopic (exact) mass is 418 g/mol. The van der Waals surface area contributed by atoms with Crippen molar-refractivity contribution in [2.75, 3.05) is 6.61 Å². The molecule has 0 radical (unpaired) electrons. The lowest BCUT2D eigenvalue weighted by Crippen LogP contribution is -2.46. The zero-order valence-electron chi connectivity index (χ0n) is 17.4. The summed E-state index contributed by atoms with van der Waals surface area (Å²) in [5, 5.41) is 5.43. The Hall–Kier alpha value is -3.80. The second-order valence-electron chi connectivity index (χ2n) is 7.03. The minimum absolute atomic E-state index is 0.180. The molecular weight excluding hydrogens is 392 g/mol. The number of nitrogens with one attached hydrogen (secondary N) is 2. The van der Waals surface area contributed by atoms with E-state index < -0.39 is 6.04 Å². The fourth-order valence-corrected chi connectivity index (χ4v) is 2.81. The van der Waals surface area contributed by atoms with Gasteiger partial charge in [0, 0.05) is 6.54 Å². The summed E-state index contributed by atoms with van der Waals surface area (Å²) in [5.74, 6) is 0.636. The number of hydrogen-bond donors (Lipinski definition) is 2. The average Bonchev–Trinajstić information content (AvgIpc) is 2.82. The fraction of sp³-hybridized carbons (Fsp3) is 0.200. The van der Waals surface area contributed by atoms with Crippen LogP contribution in [0.25, 0.3) is 0 Å². The third kappa shape index (κ3) is 7.51. The van der Waals surface area contributed by atoms with E-state index in [4.69, 9.17) is 9.47 Å². The molecule has 2 N–H and O–H groups in total. The first-order valence-electron chi connectivity index (χ1n) is 10.1. The topological polar surface area (TPSA) is 76.7 Å². The Morgan fingerprint density at radius 2 is 1.32 bits per heavy atom. The standard InChI is InChI=1S/C25H26N2O4/c1-19(25(29)26-16-20-8-4-2-5-9-20)27-24(28)18-31-23-14-12-22(13-15-23)30-17-21-10-6-3-7-11-21/h2-15,19H,16-18H2,1H3,(H,26,29)(H,27,28). The number of rotatable bonds is 10. The third-order valence-corrected chi connectivity index (χ3v) is 4.52. The highest BCUT2D eigenvalue weighted by Crippen LogP contribution is 2.18. The summed E-state index contributed by atoms with van der Waals surface area (Å²) in [6, 6.07) is 25.9. The van der Waals surface area contributed by atoms with E-state index in [0.29, 0.717) is 24.7 Å². The summed E-state index contributed by atoms with van der Waals surface area (Å²) in [5.41, 5.74) is 2.08. The molecule has 160 valence electrons. The largest absolute Gasteiger partial charge is 0.489 e. The van der Waals surface area contributed by atoms with E-state index in [1.165, 1.54) is 0 Å². The van der Waals surface area contributed by atoms with Gasteiger partial charge >= 0.3 is 0 Å². The van der Waals surface area contributed by atoms with E-state index in [1.807, 2.05) is 60.7 Å². The predicted octanol–water partition coefficient (Wildman–Crippen LogP) is 3.47. The quantitative estimate of drug-likeness (QED) is 0.529. The number of carbonyl (C=O) groups is 2. The van der Waals surface area contributed by atoms with Crippen molar-refractivity contribution in [1.82, 2.24) is 10.6 Å². The van der Waals surface area contributed by atoms with Crippen molar-refractivity contribution in [2.24, 2.45) is 0 Å². The lowest BCUT2D eigenvalue weighted by atomic mass is 10.2. The van der Waals surface area contributed by atoms with Crippen LogP contribution in [-0.2, 0) is 22.7 Å². The molecule has 0 spiro atoms. The molecule has 0 heterocycles. The second-order valence-corrected chi connectivity index (χ2v) is 7.03. The first kappa shape index (κ1) is 21.9. The van der Waals surface area contributed by atoms with Crippen LogP contribution < -0.4 is 20.1 Å². The Morgan fingerprint density at radius 3 is 1.94 bits per heavy atom. The van der Waals surface area contributed by atoms with Gasteiger partial charge in [0.15, 0.2) is 6.61 Å². The van der Waals surface area contributed by atoms with Gasteiger partial charge in [-0.25, -0.2) is 0 Å². The van der Waals surface area contributed by atoms with Crippen LogP contribution in [0.3, 0.4) is 0 Å². The highest BCUT2D eigenvalue weighted by molar-refractivity contribution is 5.87. The molecule has 1 unspecified atom stereocenters. The molecule has 0 saturated carbocycles. The van der Waals surface area contributed by atoms with E-state index in [-0.39, 0.29) is 18.4 Å². The van der Waals surface area contributed by atoms with Crippen LogP contribution in [0.15, 0.2) is 84.9 Å². The number of carbonyl (C=O) groups excluding carboxylic acids is 2. The molecule has 0 aliphatic rings. The van der Waals surface area contributed by atoms with Gasteiger partial charge in [0.1, 0.15) is 24.1 Å².